The fraction of sp³-hybridized carbons (Fsp3) is 0.167. The third-order valence-corrected chi connectivity index (χ3v) is 2.42. The van der Waals surface area contributed by atoms with E-state index in [0.717, 1.165) is 5.56 Å². The number of nitrogens with zero attached hydrogens (tertiary/aromatic N) is 2. The van der Waals surface area contributed by atoms with Crippen molar-refractivity contribution in [1.29, 1.82) is 0 Å². The zero-order valence-electron chi connectivity index (χ0n) is 8.92. The molecule has 2 aromatic rings. The molecule has 0 bridgehead atoms. The number of benzene rings is 1. The smallest absolute Gasteiger partial charge is 0.354 e. The van der Waals surface area contributed by atoms with Crippen LogP contribution in [0, 0.1) is 0 Å². The van der Waals surface area contributed by atoms with Crippen molar-refractivity contribution in [2.24, 2.45) is 0 Å². The highest BCUT2D eigenvalue weighted by molar-refractivity contribution is 5.86. The van der Waals surface area contributed by atoms with E-state index in [0.29, 0.717) is 12.4 Å². The molecule has 1 aromatic heterocycles. The van der Waals surface area contributed by atoms with Crippen LogP contribution in [0.15, 0.2) is 36.5 Å². The Kier molecular flexibility index (Phi) is 2.72. The molecule has 0 saturated carbocycles. The average molecular weight is 216 g/mol. The summed E-state index contributed by atoms with van der Waals surface area (Å²) in [4.78, 5) is 15.1. The standard InChI is InChI=1S/C12H12N2O2/c1-2-14-10(12(15)16)8-13-11(14)9-6-4-3-5-7-9/h3-8H,2H2,1H3,(H,15,16). The molecule has 0 fully saturated rings. The minimum absolute atomic E-state index is 0.223. The summed E-state index contributed by atoms with van der Waals surface area (Å²) in [7, 11) is 0. The van der Waals surface area contributed by atoms with Crippen molar-refractivity contribution in [3.05, 3.63) is 42.2 Å². The lowest BCUT2D eigenvalue weighted by molar-refractivity contribution is 0.0685. The Morgan fingerprint density at radius 1 is 1.38 bits per heavy atom. The van der Waals surface area contributed by atoms with Crippen molar-refractivity contribution in [2.75, 3.05) is 0 Å². The zero-order valence-corrected chi connectivity index (χ0v) is 8.92. The lowest BCUT2D eigenvalue weighted by Crippen LogP contribution is -2.08. The summed E-state index contributed by atoms with van der Waals surface area (Å²) in [5.74, 6) is -0.253. The van der Waals surface area contributed by atoms with E-state index < -0.39 is 5.97 Å². The lowest BCUT2D eigenvalue weighted by atomic mass is 10.2. The molecule has 0 spiro atoms. The van der Waals surface area contributed by atoms with Crippen molar-refractivity contribution in [1.82, 2.24) is 9.55 Å². The summed E-state index contributed by atoms with van der Waals surface area (Å²) < 4.78 is 1.69. The first-order valence-corrected chi connectivity index (χ1v) is 5.08. The molecule has 0 aliphatic rings. The van der Waals surface area contributed by atoms with E-state index in [1.165, 1.54) is 6.20 Å². The number of carboxylic acid groups (broad SMARTS) is 1. The van der Waals surface area contributed by atoms with Gasteiger partial charge in [0, 0.05) is 12.1 Å². The molecule has 82 valence electrons. The molecule has 0 atom stereocenters. The summed E-state index contributed by atoms with van der Waals surface area (Å²) in [5, 5.41) is 9.00. The summed E-state index contributed by atoms with van der Waals surface area (Å²) in [5.41, 5.74) is 1.15. The third kappa shape index (κ3) is 1.69. The van der Waals surface area contributed by atoms with Crippen LogP contribution in [0.2, 0.25) is 0 Å². The van der Waals surface area contributed by atoms with Gasteiger partial charge < -0.3 is 9.67 Å². The van der Waals surface area contributed by atoms with Gasteiger partial charge in [-0.2, -0.15) is 0 Å². The Hall–Kier alpha value is -2.10. The largest absolute Gasteiger partial charge is 0.477 e. The predicted molar refractivity (Wildman–Crippen MR) is 60.3 cm³/mol. The molecule has 1 N–H and O–H groups in total. The van der Waals surface area contributed by atoms with E-state index in [4.69, 9.17) is 5.11 Å². The van der Waals surface area contributed by atoms with Gasteiger partial charge in [0.25, 0.3) is 0 Å². The van der Waals surface area contributed by atoms with Crippen LogP contribution < -0.4 is 0 Å². The number of imidazole rings is 1. The van der Waals surface area contributed by atoms with Crippen LogP contribution in [-0.2, 0) is 6.54 Å². The van der Waals surface area contributed by atoms with E-state index in [9.17, 15) is 4.79 Å². The van der Waals surface area contributed by atoms with Gasteiger partial charge in [-0.3, -0.25) is 0 Å². The minimum atomic E-state index is -0.948. The second kappa shape index (κ2) is 4.18. The maximum atomic E-state index is 11.0. The molecule has 1 heterocycles. The number of carboxylic acids is 1. The Morgan fingerprint density at radius 3 is 2.62 bits per heavy atom. The quantitative estimate of drug-likeness (QED) is 0.856. The summed E-state index contributed by atoms with van der Waals surface area (Å²) in [6.45, 7) is 2.49. The highest BCUT2D eigenvalue weighted by atomic mass is 16.4. The average Bonchev–Trinajstić information content (AvgIpc) is 2.73. The van der Waals surface area contributed by atoms with Gasteiger partial charge in [0.05, 0.1) is 6.20 Å². The Morgan fingerprint density at radius 2 is 2.06 bits per heavy atom. The zero-order chi connectivity index (χ0) is 11.5. The lowest BCUT2D eigenvalue weighted by Gasteiger charge is -2.06. The normalized spacial score (nSPS) is 10.3. The summed E-state index contributed by atoms with van der Waals surface area (Å²) >= 11 is 0. The van der Waals surface area contributed by atoms with Crippen LogP contribution in [0.25, 0.3) is 11.4 Å². The second-order valence-electron chi connectivity index (χ2n) is 3.38. The van der Waals surface area contributed by atoms with Gasteiger partial charge in [0.1, 0.15) is 11.5 Å². The van der Waals surface area contributed by atoms with Crippen LogP contribution in [0.5, 0.6) is 0 Å². The van der Waals surface area contributed by atoms with Crippen LogP contribution in [-0.4, -0.2) is 20.6 Å². The number of hydrogen-bond donors (Lipinski definition) is 1. The Balaban J connectivity index is 2.54. The monoisotopic (exact) mass is 216 g/mol. The van der Waals surface area contributed by atoms with Crippen molar-refractivity contribution < 1.29 is 9.90 Å². The Bertz CT molecular complexity index is 503. The van der Waals surface area contributed by atoms with Crippen LogP contribution in [0.1, 0.15) is 17.4 Å². The van der Waals surface area contributed by atoms with Gasteiger partial charge in [-0.05, 0) is 6.92 Å². The topological polar surface area (TPSA) is 55.1 Å². The maximum Gasteiger partial charge on any atom is 0.354 e. The molecule has 4 heteroatoms. The number of carbonyl (C=O) groups is 1. The highest BCUT2D eigenvalue weighted by Crippen LogP contribution is 2.19. The van der Waals surface area contributed by atoms with Crippen molar-refractivity contribution in [2.45, 2.75) is 13.5 Å². The van der Waals surface area contributed by atoms with Gasteiger partial charge in [-0.25, -0.2) is 9.78 Å². The van der Waals surface area contributed by atoms with Gasteiger partial charge in [0.15, 0.2) is 0 Å². The molecule has 1 aromatic carbocycles. The molecule has 2 rings (SSSR count). The molecule has 16 heavy (non-hydrogen) atoms. The number of aromatic nitrogens is 2. The maximum absolute atomic E-state index is 11.0. The van der Waals surface area contributed by atoms with E-state index in [-0.39, 0.29) is 5.69 Å². The molecular formula is C12H12N2O2. The molecule has 4 nitrogen and oxygen atoms in total. The van der Waals surface area contributed by atoms with E-state index in [1.807, 2.05) is 37.3 Å². The van der Waals surface area contributed by atoms with E-state index >= 15 is 0 Å². The first kappa shape index (κ1) is 10.4. The van der Waals surface area contributed by atoms with Crippen molar-refractivity contribution in [3.63, 3.8) is 0 Å². The number of hydrogen-bond acceptors (Lipinski definition) is 2. The van der Waals surface area contributed by atoms with Crippen molar-refractivity contribution >= 4 is 5.97 Å². The van der Waals surface area contributed by atoms with Crippen LogP contribution in [0.4, 0.5) is 0 Å². The van der Waals surface area contributed by atoms with Gasteiger partial charge in [0.2, 0.25) is 0 Å². The second-order valence-corrected chi connectivity index (χ2v) is 3.38. The fourth-order valence-corrected chi connectivity index (χ4v) is 1.68. The molecular weight excluding hydrogens is 204 g/mol. The molecule has 0 unspecified atom stereocenters. The van der Waals surface area contributed by atoms with Gasteiger partial charge in [-0.15, -0.1) is 0 Å². The predicted octanol–water partition coefficient (Wildman–Crippen LogP) is 2.27. The molecule has 0 aliphatic heterocycles. The third-order valence-electron chi connectivity index (χ3n) is 2.42. The minimum Gasteiger partial charge on any atom is -0.477 e. The van der Waals surface area contributed by atoms with Gasteiger partial charge in [-0.1, -0.05) is 30.3 Å². The fourth-order valence-electron chi connectivity index (χ4n) is 1.68. The van der Waals surface area contributed by atoms with Crippen LogP contribution >= 0.6 is 0 Å². The van der Waals surface area contributed by atoms with E-state index in [2.05, 4.69) is 4.98 Å². The van der Waals surface area contributed by atoms with Crippen molar-refractivity contribution in [3.8, 4) is 11.4 Å². The molecule has 0 saturated heterocycles. The SMILES string of the molecule is CCn1c(C(=O)O)cnc1-c1ccccc1. The first-order chi connectivity index (χ1) is 7.74. The number of aromatic carboxylic acids is 1. The molecule has 0 aliphatic carbocycles. The summed E-state index contributed by atoms with van der Waals surface area (Å²) in [6, 6.07) is 9.57. The van der Waals surface area contributed by atoms with Crippen LogP contribution in [0.3, 0.4) is 0 Å². The molecule has 0 amide bonds. The Labute approximate surface area is 93.2 Å². The first-order valence-electron chi connectivity index (χ1n) is 5.08. The number of rotatable bonds is 3. The summed E-state index contributed by atoms with van der Waals surface area (Å²) in [6.07, 6.45) is 1.40. The van der Waals surface area contributed by atoms with Gasteiger partial charge >= 0.3 is 5.97 Å². The molecule has 0 radical (unpaired) electrons. The highest BCUT2D eigenvalue weighted by Gasteiger charge is 2.14. The van der Waals surface area contributed by atoms with E-state index in [1.54, 1.807) is 4.57 Å².